The maximum absolute atomic E-state index is 12.6. The number of guanidine groups is 1. The van der Waals surface area contributed by atoms with E-state index in [1.54, 1.807) is 0 Å². The summed E-state index contributed by atoms with van der Waals surface area (Å²) in [5, 5.41) is 21.4. The Morgan fingerprint density at radius 3 is 2.46 bits per heavy atom. The summed E-state index contributed by atoms with van der Waals surface area (Å²) in [4.78, 5) is 48.6. The number of hydrogen-bond acceptors (Lipinski definition) is 6. The Balaban J connectivity index is 2.63. The Kier molecular flexibility index (Phi) is 9.15. The van der Waals surface area contributed by atoms with Crippen LogP contribution in [0.4, 0.5) is 0 Å². The molecule has 12 heteroatoms. The maximum Gasteiger partial charge on any atom is 0.326 e. The maximum atomic E-state index is 12.6. The highest BCUT2D eigenvalue weighted by Crippen LogP contribution is 2.19. The third kappa shape index (κ3) is 7.39. The van der Waals surface area contributed by atoms with Gasteiger partial charge in [-0.25, -0.2) is 4.79 Å². The van der Waals surface area contributed by atoms with Gasteiger partial charge in [-0.1, -0.05) is 0 Å². The van der Waals surface area contributed by atoms with Crippen LogP contribution in [-0.2, 0) is 19.2 Å². The van der Waals surface area contributed by atoms with Crippen molar-refractivity contribution < 1.29 is 24.3 Å². The van der Waals surface area contributed by atoms with E-state index in [1.807, 2.05) is 0 Å². The summed E-state index contributed by atoms with van der Waals surface area (Å²) in [6.45, 7) is 0.638. The van der Waals surface area contributed by atoms with E-state index in [-0.39, 0.29) is 25.2 Å². The molecule has 0 aromatic rings. The molecular weight excluding hydrogens is 370 g/mol. The first-order valence-corrected chi connectivity index (χ1v) is 9.09. The third-order valence-corrected chi connectivity index (χ3v) is 4.46. The van der Waals surface area contributed by atoms with Gasteiger partial charge in [-0.15, -0.1) is 0 Å². The summed E-state index contributed by atoms with van der Waals surface area (Å²) < 4.78 is 0. The van der Waals surface area contributed by atoms with Gasteiger partial charge in [0.2, 0.25) is 17.7 Å². The molecular formula is C16H29N7O5. The number of amides is 3. The zero-order valence-electron chi connectivity index (χ0n) is 15.6. The number of aliphatic carboxylic acids is 1. The molecule has 28 heavy (non-hydrogen) atoms. The van der Waals surface area contributed by atoms with Gasteiger partial charge in [0.05, 0.1) is 6.04 Å². The van der Waals surface area contributed by atoms with Crippen LogP contribution in [0.25, 0.3) is 0 Å². The molecule has 0 aromatic carbocycles. The second-order valence-electron chi connectivity index (χ2n) is 6.68. The number of carboxylic acids is 1. The number of likely N-dealkylation sites (tertiary alicyclic amines) is 1. The lowest BCUT2D eigenvalue weighted by molar-refractivity contribution is -0.144. The minimum Gasteiger partial charge on any atom is -0.480 e. The first kappa shape index (κ1) is 23.1. The van der Waals surface area contributed by atoms with Crippen molar-refractivity contribution in [3.63, 3.8) is 0 Å². The normalized spacial score (nSPS) is 18.2. The molecule has 1 rings (SSSR count). The molecule has 3 unspecified atom stereocenters. The van der Waals surface area contributed by atoms with E-state index in [9.17, 15) is 24.3 Å². The molecule has 1 aliphatic heterocycles. The number of hydrogen-bond donors (Lipinski definition) is 7. The molecule has 0 radical (unpaired) electrons. The van der Waals surface area contributed by atoms with Crippen molar-refractivity contribution in [2.75, 3.05) is 13.1 Å². The topological polar surface area (TPSA) is 218 Å². The van der Waals surface area contributed by atoms with E-state index in [4.69, 9.17) is 22.6 Å². The van der Waals surface area contributed by atoms with Gasteiger partial charge in [-0.3, -0.25) is 19.8 Å². The summed E-state index contributed by atoms with van der Waals surface area (Å²) in [5.41, 5.74) is 16.0. The lowest BCUT2D eigenvalue weighted by Crippen LogP contribution is -2.54. The van der Waals surface area contributed by atoms with Crippen molar-refractivity contribution in [3.05, 3.63) is 0 Å². The van der Waals surface area contributed by atoms with Gasteiger partial charge >= 0.3 is 5.97 Å². The van der Waals surface area contributed by atoms with Gasteiger partial charge in [0.15, 0.2) is 5.96 Å². The van der Waals surface area contributed by atoms with Gasteiger partial charge in [0, 0.05) is 19.5 Å². The van der Waals surface area contributed by atoms with Crippen LogP contribution in [0, 0.1) is 5.41 Å². The number of rotatable bonds is 11. The van der Waals surface area contributed by atoms with Crippen LogP contribution >= 0.6 is 0 Å². The number of nitrogens with one attached hydrogen (secondary N) is 3. The number of carbonyl (C=O) groups excluding carboxylic acids is 3. The molecule has 3 amide bonds. The molecule has 0 spiro atoms. The standard InChI is InChI=1S/C16H29N7O5/c17-9(5-6-12(18)24)14(26)23-8-2-4-11(23)13(25)22-10(15(27)28)3-1-7-21-16(19)20/h9-11H,1-8,17H2,(H2,18,24)(H,22,25)(H,27,28)(H4,19,20,21). The Bertz CT molecular complexity index is 612. The molecule has 1 saturated heterocycles. The van der Waals surface area contributed by atoms with Crippen molar-refractivity contribution in [1.82, 2.24) is 15.5 Å². The van der Waals surface area contributed by atoms with Crippen LogP contribution in [0.5, 0.6) is 0 Å². The number of carbonyl (C=O) groups is 4. The van der Waals surface area contributed by atoms with Gasteiger partial charge in [-0.2, -0.15) is 0 Å². The summed E-state index contributed by atoms with van der Waals surface area (Å²) in [5.74, 6) is -2.99. The van der Waals surface area contributed by atoms with Gasteiger partial charge in [0.1, 0.15) is 12.1 Å². The van der Waals surface area contributed by atoms with E-state index in [1.165, 1.54) is 4.90 Å². The molecule has 1 aliphatic rings. The minimum absolute atomic E-state index is 0.0347. The quantitative estimate of drug-likeness (QED) is 0.111. The molecule has 10 N–H and O–H groups in total. The number of carboxylic acid groups (broad SMARTS) is 1. The molecule has 0 aliphatic carbocycles. The zero-order chi connectivity index (χ0) is 21.3. The molecule has 3 atom stereocenters. The highest BCUT2D eigenvalue weighted by atomic mass is 16.4. The monoisotopic (exact) mass is 399 g/mol. The van der Waals surface area contributed by atoms with E-state index in [0.29, 0.717) is 32.4 Å². The molecule has 1 fully saturated rings. The fraction of sp³-hybridized carbons (Fsp3) is 0.688. The predicted octanol–water partition coefficient (Wildman–Crippen LogP) is -2.60. The summed E-state index contributed by atoms with van der Waals surface area (Å²) in [6.07, 6.45) is 1.56. The van der Waals surface area contributed by atoms with Crippen LogP contribution < -0.4 is 27.8 Å². The van der Waals surface area contributed by atoms with Crippen molar-refractivity contribution in [1.29, 1.82) is 5.41 Å². The molecule has 1 heterocycles. The Hall–Kier alpha value is -2.89. The second kappa shape index (κ2) is 11.1. The van der Waals surface area contributed by atoms with Gasteiger partial charge < -0.3 is 37.8 Å². The smallest absolute Gasteiger partial charge is 0.326 e. The first-order chi connectivity index (χ1) is 13.1. The van der Waals surface area contributed by atoms with Gasteiger partial charge in [-0.05, 0) is 32.1 Å². The molecule has 12 nitrogen and oxygen atoms in total. The Morgan fingerprint density at radius 2 is 1.89 bits per heavy atom. The fourth-order valence-corrected chi connectivity index (χ4v) is 2.99. The van der Waals surface area contributed by atoms with E-state index in [0.717, 1.165) is 0 Å². The van der Waals surface area contributed by atoms with Crippen LogP contribution in [-0.4, -0.2) is 70.9 Å². The van der Waals surface area contributed by atoms with E-state index < -0.39 is 41.8 Å². The average molecular weight is 399 g/mol. The van der Waals surface area contributed by atoms with Crippen LogP contribution in [0.1, 0.15) is 38.5 Å². The largest absolute Gasteiger partial charge is 0.480 e. The molecule has 158 valence electrons. The van der Waals surface area contributed by atoms with Crippen molar-refractivity contribution in [2.45, 2.75) is 56.7 Å². The Morgan fingerprint density at radius 1 is 1.21 bits per heavy atom. The minimum atomic E-state index is -1.19. The first-order valence-electron chi connectivity index (χ1n) is 9.09. The highest BCUT2D eigenvalue weighted by Gasteiger charge is 2.37. The number of primary amides is 1. The summed E-state index contributed by atoms with van der Waals surface area (Å²) in [6, 6.07) is -2.87. The van der Waals surface area contributed by atoms with E-state index >= 15 is 0 Å². The van der Waals surface area contributed by atoms with Crippen LogP contribution in [0.3, 0.4) is 0 Å². The molecule has 0 bridgehead atoms. The van der Waals surface area contributed by atoms with Crippen molar-refractivity contribution >= 4 is 29.7 Å². The summed E-state index contributed by atoms with van der Waals surface area (Å²) in [7, 11) is 0. The second-order valence-corrected chi connectivity index (χ2v) is 6.68. The summed E-state index contributed by atoms with van der Waals surface area (Å²) >= 11 is 0. The van der Waals surface area contributed by atoms with Crippen LogP contribution in [0.15, 0.2) is 0 Å². The SMILES string of the molecule is N=C(N)NCCCC(NC(=O)C1CCCN1C(=O)C(N)CCC(N)=O)C(=O)O. The average Bonchev–Trinajstić information content (AvgIpc) is 3.10. The van der Waals surface area contributed by atoms with E-state index in [2.05, 4.69) is 10.6 Å². The van der Waals surface area contributed by atoms with Crippen LogP contribution in [0.2, 0.25) is 0 Å². The van der Waals surface area contributed by atoms with Crippen molar-refractivity contribution in [3.8, 4) is 0 Å². The molecule has 0 aromatic heterocycles. The fourth-order valence-electron chi connectivity index (χ4n) is 2.99. The Labute approximate surface area is 162 Å². The highest BCUT2D eigenvalue weighted by molar-refractivity contribution is 5.92. The van der Waals surface area contributed by atoms with Gasteiger partial charge in [0.25, 0.3) is 0 Å². The number of nitrogens with zero attached hydrogens (tertiary/aromatic N) is 1. The zero-order valence-corrected chi connectivity index (χ0v) is 15.6. The molecule has 0 saturated carbocycles. The van der Waals surface area contributed by atoms with Crippen molar-refractivity contribution in [2.24, 2.45) is 17.2 Å². The third-order valence-electron chi connectivity index (χ3n) is 4.46. The lowest BCUT2D eigenvalue weighted by atomic mass is 10.1. The predicted molar refractivity (Wildman–Crippen MR) is 99.9 cm³/mol. The number of nitrogens with two attached hydrogens (primary N) is 3. The lowest BCUT2D eigenvalue weighted by Gasteiger charge is -2.27.